The van der Waals surface area contributed by atoms with Gasteiger partial charge in [0, 0.05) is 11.1 Å². The van der Waals surface area contributed by atoms with Crippen LogP contribution in [0.5, 0.6) is 5.75 Å². The Labute approximate surface area is 203 Å². The minimum atomic E-state index is -0.446. The van der Waals surface area contributed by atoms with E-state index in [1.165, 1.54) is 22.8 Å². The summed E-state index contributed by atoms with van der Waals surface area (Å²) >= 11 is 1.10. The van der Waals surface area contributed by atoms with E-state index in [9.17, 15) is 14.0 Å². The Kier molecular flexibility index (Phi) is 6.24. The van der Waals surface area contributed by atoms with Crippen molar-refractivity contribution in [1.29, 1.82) is 0 Å². The predicted octanol–water partition coefficient (Wildman–Crippen LogP) is 5.40. The first-order valence-corrected chi connectivity index (χ1v) is 11.9. The monoisotopic (exact) mass is 489 g/mol. The van der Waals surface area contributed by atoms with Crippen molar-refractivity contribution in [2.45, 2.75) is 12.1 Å². The van der Waals surface area contributed by atoms with Crippen molar-refractivity contribution in [2.24, 2.45) is 0 Å². The second-order valence-corrected chi connectivity index (χ2v) is 8.53. The van der Waals surface area contributed by atoms with Crippen molar-refractivity contribution >= 4 is 45.4 Å². The van der Waals surface area contributed by atoms with Crippen molar-refractivity contribution in [1.82, 2.24) is 9.55 Å². The summed E-state index contributed by atoms with van der Waals surface area (Å²) in [5, 5.41) is 3.70. The van der Waals surface area contributed by atoms with E-state index in [-0.39, 0.29) is 22.8 Å². The number of carbonyl (C=O) groups excluding carboxylic acids is 1. The summed E-state index contributed by atoms with van der Waals surface area (Å²) in [6.07, 6.45) is 0. The molecule has 0 bridgehead atoms. The van der Waals surface area contributed by atoms with Gasteiger partial charge >= 0.3 is 5.56 Å². The minimum Gasteiger partial charge on any atom is -0.494 e. The molecule has 5 aromatic rings. The number of rotatable bonds is 7. The van der Waals surface area contributed by atoms with Crippen LogP contribution >= 0.6 is 11.8 Å². The van der Waals surface area contributed by atoms with Crippen LogP contribution in [0.3, 0.4) is 0 Å². The van der Waals surface area contributed by atoms with E-state index < -0.39 is 5.82 Å². The second kappa shape index (κ2) is 9.63. The maximum Gasteiger partial charge on any atom is 0.302 e. The van der Waals surface area contributed by atoms with E-state index in [1.807, 2.05) is 25.1 Å². The average Bonchev–Trinajstić information content (AvgIpc) is 3.23. The molecule has 1 amide bonds. The Hall–Kier alpha value is -4.11. The van der Waals surface area contributed by atoms with E-state index in [4.69, 9.17) is 14.1 Å². The van der Waals surface area contributed by atoms with Crippen molar-refractivity contribution in [3.8, 4) is 11.4 Å². The van der Waals surface area contributed by atoms with Gasteiger partial charge in [0.05, 0.1) is 18.0 Å². The molecule has 0 saturated carbocycles. The molecule has 0 aliphatic carbocycles. The third kappa shape index (κ3) is 4.63. The Bertz CT molecular complexity index is 1590. The first-order valence-electron chi connectivity index (χ1n) is 10.9. The standard InChI is InChI=1S/C26H20FN3O4S/c1-2-33-19-12-10-18(11-13-19)30-25(32)24-23(20-8-3-4-9-21(20)34-24)29-26(30)35-15-22(31)28-17-7-5-6-16(27)14-17/h3-14H,2,15H2,1H3,(H,28,31). The highest BCUT2D eigenvalue weighted by Gasteiger charge is 2.20. The van der Waals surface area contributed by atoms with Crippen LogP contribution in [0, 0.1) is 5.82 Å². The molecule has 0 aliphatic rings. The van der Waals surface area contributed by atoms with Crippen molar-refractivity contribution < 1.29 is 18.3 Å². The van der Waals surface area contributed by atoms with Crippen LogP contribution in [0.1, 0.15) is 6.92 Å². The SMILES string of the molecule is CCOc1ccc(-n2c(SCC(=O)Nc3cccc(F)c3)nc3c(oc4ccccc43)c2=O)cc1. The van der Waals surface area contributed by atoms with Crippen LogP contribution in [-0.2, 0) is 4.79 Å². The maximum atomic E-state index is 13.5. The Balaban J connectivity index is 1.54. The zero-order valence-corrected chi connectivity index (χ0v) is 19.5. The number of benzene rings is 3. The normalized spacial score (nSPS) is 11.1. The number of carbonyl (C=O) groups is 1. The third-order valence-corrected chi connectivity index (χ3v) is 6.15. The molecule has 0 atom stereocenters. The highest BCUT2D eigenvalue weighted by atomic mass is 32.2. The summed E-state index contributed by atoms with van der Waals surface area (Å²) in [6.45, 7) is 2.41. The number of aromatic nitrogens is 2. The number of hydrogen-bond acceptors (Lipinski definition) is 6. The van der Waals surface area contributed by atoms with E-state index >= 15 is 0 Å². The molecule has 1 N–H and O–H groups in total. The molecule has 176 valence electrons. The summed E-state index contributed by atoms with van der Waals surface area (Å²) in [6, 6.07) is 20.0. The summed E-state index contributed by atoms with van der Waals surface area (Å²) in [5.41, 5.74) is 1.64. The Morgan fingerprint density at radius 3 is 2.69 bits per heavy atom. The highest BCUT2D eigenvalue weighted by molar-refractivity contribution is 7.99. The van der Waals surface area contributed by atoms with Gasteiger partial charge in [-0.2, -0.15) is 0 Å². The van der Waals surface area contributed by atoms with Gasteiger partial charge in [0.15, 0.2) is 5.16 Å². The van der Waals surface area contributed by atoms with Crippen molar-refractivity contribution in [3.63, 3.8) is 0 Å². The molecular formula is C26H20FN3O4S. The van der Waals surface area contributed by atoms with Gasteiger partial charge in [-0.1, -0.05) is 30.0 Å². The van der Waals surface area contributed by atoms with Crippen molar-refractivity contribution in [2.75, 3.05) is 17.7 Å². The third-order valence-electron chi connectivity index (χ3n) is 5.21. The van der Waals surface area contributed by atoms with Crippen LogP contribution in [-0.4, -0.2) is 27.8 Å². The van der Waals surface area contributed by atoms with Crippen molar-refractivity contribution in [3.05, 3.63) is 89.0 Å². The van der Waals surface area contributed by atoms with E-state index in [1.54, 1.807) is 36.4 Å². The molecule has 0 radical (unpaired) electrons. The van der Waals surface area contributed by atoms with E-state index in [0.717, 1.165) is 11.8 Å². The van der Waals surface area contributed by atoms with Crippen LogP contribution in [0.25, 0.3) is 27.8 Å². The summed E-state index contributed by atoms with van der Waals surface area (Å²) in [7, 11) is 0. The molecule has 5 rings (SSSR count). The number of amides is 1. The van der Waals surface area contributed by atoms with Gasteiger partial charge in [-0.05, 0) is 61.5 Å². The molecule has 0 saturated heterocycles. The van der Waals surface area contributed by atoms with E-state index in [0.29, 0.717) is 45.4 Å². The van der Waals surface area contributed by atoms with Gasteiger partial charge in [0.2, 0.25) is 11.5 Å². The van der Waals surface area contributed by atoms with Gasteiger partial charge in [0.25, 0.3) is 0 Å². The molecule has 0 fully saturated rings. The minimum absolute atomic E-state index is 0.0404. The Morgan fingerprint density at radius 2 is 1.91 bits per heavy atom. The first-order chi connectivity index (χ1) is 17.0. The lowest BCUT2D eigenvalue weighted by Gasteiger charge is -2.12. The molecule has 0 aliphatic heterocycles. The van der Waals surface area contributed by atoms with Gasteiger partial charge in [-0.3, -0.25) is 14.2 Å². The number of anilines is 1. The number of halogens is 1. The van der Waals surface area contributed by atoms with Gasteiger partial charge in [0.1, 0.15) is 22.7 Å². The number of thioether (sulfide) groups is 1. The Morgan fingerprint density at radius 1 is 1.11 bits per heavy atom. The first kappa shape index (κ1) is 22.7. The van der Waals surface area contributed by atoms with Crippen LogP contribution in [0.15, 0.2) is 87.2 Å². The van der Waals surface area contributed by atoms with Gasteiger partial charge in [-0.25, -0.2) is 9.37 Å². The van der Waals surface area contributed by atoms with Gasteiger partial charge < -0.3 is 14.5 Å². The highest BCUT2D eigenvalue weighted by Crippen LogP contribution is 2.29. The number of ether oxygens (including phenoxy) is 1. The number of para-hydroxylation sites is 1. The molecule has 2 aromatic heterocycles. The van der Waals surface area contributed by atoms with Crippen LogP contribution in [0.4, 0.5) is 10.1 Å². The molecule has 9 heteroatoms. The predicted molar refractivity (Wildman–Crippen MR) is 134 cm³/mol. The fourth-order valence-electron chi connectivity index (χ4n) is 3.70. The van der Waals surface area contributed by atoms with Gasteiger partial charge in [-0.15, -0.1) is 0 Å². The number of nitrogens with zero attached hydrogens (tertiary/aromatic N) is 2. The zero-order valence-electron chi connectivity index (χ0n) is 18.7. The van der Waals surface area contributed by atoms with Crippen LogP contribution < -0.4 is 15.6 Å². The molecule has 2 heterocycles. The average molecular weight is 490 g/mol. The molecule has 0 spiro atoms. The lowest BCUT2D eigenvalue weighted by Crippen LogP contribution is -2.22. The lowest BCUT2D eigenvalue weighted by molar-refractivity contribution is -0.113. The molecule has 0 unspecified atom stereocenters. The number of fused-ring (bicyclic) bond motifs is 3. The molecule has 7 nitrogen and oxygen atoms in total. The fourth-order valence-corrected chi connectivity index (χ4v) is 4.50. The quantitative estimate of drug-likeness (QED) is 0.243. The fraction of sp³-hybridized carbons (Fsp3) is 0.115. The smallest absolute Gasteiger partial charge is 0.302 e. The summed E-state index contributed by atoms with van der Waals surface area (Å²) in [4.78, 5) is 30.8. The van der Waals surface area contributed by atoms with Crippen LogP contribution in [0.2, 0.25) is 0 Å². The summed E-state index contributed by atoms with van der Waals surface area (Å²) < 4.78 is 26.2. The number of furan rings is 1. The largest absolute Gasteiger partial charge is 0.494 e. The van der Waals surface area contributed by atoms with E-state index in [2.05, 4.69) is 5.32 Å². The topological polar surface area (TPSA) is 86.4 Å². The second-order valence-electron chi connectivity index (χ2n) is 7.59. The molecule has 35 heavy (non-hydrogen) atoms. The maximum absolute atomic E-state index is 13.5. The summed E-state index contributed by atoms with van der Waals surface area (Å²) in [5.74, 6) is -0.170. The molecule has 3 aromatic carbocycles. The molecular weight excluding hydrogens is 469 g/mol. The lowest BCUT2D eigenvalue weighted by atomic mass is 10.2. The number of hydrogen-bond donors (Lipinski definition) is 1. The number of nitrogens with one attached hydrogen (secondary N) is 1. The zero-order chi connectivity index (χ0) is 24.4.